The van der Waals surface area contributed by atoms with Crippen molar-refractivity contribution in [2.75, 3.05) is 64.1 Å². The Bertz CT molecular complexity index is 580. The zero-order valence-electron chi connectivity index (χ0n) is 18.3. The molecular formula is C22H39IN4O2. The van der Waals surface area contributed by atoms with Gasteiger partial charge in [0.25, 0.3) is 0 Å². The molecule has 7 heteroatoms. The van der Waals surface area contributed by atoms with Gasteiger partial charge in [-0.1, -0.05) is 18.2 Å². The molecule has 2 N–H and O–H groups in total. The van der Waals surface area contributed by atoms with Crippen LogP contribution in [0, 0.1) is 12.8 Å². The Morgan fingerprint density at radius 3 is 2.79 bits per heavy atom. The van der Waals surface area contributed by atoms with Crippen molar-refractivity contribution in [3.05, 3.63) is 29.8 Å². The molecule has 0 bridgehead atoms. The second-order valence-corrected chi connectivity index (χ2v) is 7.21. The lowest BCUT2D eigenvalue weighted by Crippen LogP contribution is -2.42. The summed E-state index contributed by atoms with van der Waals surface area (Å²) in [4.78, 5) is 7.06. The number of guanidine groups is 1. The van der Waals surface area contributed by atoms with Crippen molar-refractivity contribution in [2.45, 2.75) is 33.6 Å². The second-order valence-electron chi connectivity index (χ2n) is 7.21. The quantitative estimate of drug-likeness (QED) is 0.192. The third-order valence-corrected chi connectivity index (χ3v) is 4.95. The first kappa shape index (κ1) is 26.0. The summed E-state index contributed by atoms with van der Waals surface area (Å²) in [5.41, 5.74) is 2.62. The van der Waals surface area contributed by atoms with Gasteiger partial charge in [0.1, 0.15) is 0 Å². The highest BCUT2D eigenvalue weighted by Crippen LogP contribution is 2.18. The Morgan fingerprint density at radius 2 is 2.10 bits per heavy atom. The third kappa shape index (κ3) is 10.00. The van der Waals surface area contributed by atoms with E-state index in [2.05, 4.69) is 65.6 Å². The molecule has 1 aromatic carbocycles. The fraction of sp³-hybridized carbons (Fsp3) is 0.682. The SMILES string of the molecule is CCNC(=NCCCOCC1CCOC1)NCCN(CC)c1ccccc1C.I. The maximum atomic E-state index is 5.75. The lowest BCUT2D eigenvalue weighted by molar-refractivity contribution is 0.0893. The Morgan fingerprint density at radius 1 is 1.28 bits per heavy atom. The largest absolute Gasteiger partial charge is 0.381 e. The van der Waals surface area contributed by atoms with Crippen molar-refractivity contribution in [1.29, 1.82) is 0 Å². The Hall–Kier alpha value is -1.06. The molecule has 1 aromatic rings. The molecule has 1 atom stereocenters. The van der Waals surface area contributed by atoms with Crippen molar-refractivity contribution in [3.8, 4) is 0 Å². The van der Waals surface area contributed by atoms with Gasteiger partial charge in [-0.05, 0) is 45.2 Å². The van der Waals surface area contributed by atoms with E-state index in [9.17, 15) is 0 Å². The van der Waals surface area contributed by atoms with Crippen molar-refractivity contribution in [2.24, 2.45) is 10.9 Å². The van der Waals surface area contributed by atoms with E-state index in [1.54, 1.807) is 0 Å². The average Bonchev–Trinajstić information content (AvgIpc) is 3.22. The number of benzene rings is 1. The van der Waals surface area contributed by atoms with Gasteiger partial charge in [-0.2, -0.15) is 0 Å². The molecule has 0 radical (unpaired) electrons. The summed E-state index contributed by atoms with van der Waals surface area (Å²) in [6.45, 7) is 14.2. The topological polar surface area (TPSA) is 58.1 Å². The van der Waals surface area contributed by atoms with E-state index in [1.807, 2.05) is 0 Å². The molecule has 29 heavy (non-hydrogen) atoms. The fourth-order valence-corrected chi connectivity index (χ4v) is 3.34. The molecule has 1 unspecified atom stereocenters. The van der Waals surface area contributed by atoms with Crippen LogP contribution in [0.15, 0.2) is 29.3 Å². The molecule has 6 nitrogen and oxygen atoms in total. The number of nitrogens with one attached hydrogen (secondary N) is 2. The van der Waals surface area contributed by atoms with E-state index in [0.29, 0.717) is 5.92 Å². The lowest BCUT2D eigenvalue weighted by Gasteiger charge is -2.25. The number of halogens is 1. The minimum Gasteiger partial charge on any atom is -0.381 e. The molecule has 0 aromatic heterocycles. The highest BCUT2D eigenvalue weighted by Gasteiger charge is 2.15. The van der Waals surface area contributed by atoms with E-state index in [0.717, 1.165) is 78.0 Å². The number of nitrogens with zero attached hydrogens (tertiary/aromatic N) is 2. The van der Waals surface area contributed by atoms with Crippen molar-refractivity contribution < 1.29 is 9.47 Å². The molecule has 1 aliphatic heterocycles. The summed E-state index contributed by atoms with van der Waals surface area (Å²) in [5, 5.41) is 6.77. The van der Waals surface area contributed by atoms with Gasteiger partial charge >= 0.3 is 0 Å². The molecule has 0 amide bonds. The van der Waals surface area contributed by atoms with E-state index >= 15 is 0 Å². The number of aryl methyl sites for hydroxylation is 1. The first-order valence-corrected chi connectivity index (χ1v) is 10.7. The number of hydrogen-bond acceptors (Lipinski definition) is 4. The normalized spacial score (nSPS) is 16.4. The van der Waals surface area contributed by atoms with Crippen LogP contribution in [0.25, 0.3) is 0 Å². The summed E-state index contributed by atoms with van der Waals surface area (Å²) in [6, 6.07) is 8.55. The number of ether oxygens (including phenoxy) is 2. The summed E-state index contributed by atoms with van der Waals surface area (Å²) in [5.74, 6) is 1.46. The van der Waals surface area contributed by atoms with Crippen LogP contribution in [0.1, 0.15) is 32.3 Å². The van der Waals surface area contributed by atoms with Crippen LogP contribution in [0.5, 0.6) is 0 Å². The van der Waals surface area contributed by atoms with Gasteiger partial charge in [0.2, 0.25) is 0 Å². The van der Waals surface area contributed by atoms with E-state index in [4.69, 9.17) is 9.47 Å². The Balaban J connectivity index is 0.00000420. The van der Waals surface area contributed by atoms with E-state index < -0.39 is 0 Å². The van der Waals surface area contributed by atoms with E-state index in [1.165, 1.54) is 11.3 Å². The standard InChI is InChI=1S/C22H38N4O2.HI/c1-4-23-22(24-12-8-15-27-17-20-11-16-28-18-20)25-13-14-26(5-2)21-10-7-6-9-19(21)3;/h6-7,9-10,20H,4-5,8,11-18H2,1-3H3,(H2,23,24,25);1H. The second kappa shape index (κ2) is 15.7. The molecular weight excluding hydrogens is 479 g/mol. The first-order valence-electron chi connectivity index (χ1n) is 10.7. The van der Waals surface area contributed by atoms with Gasteiger partial charge in [-0.3, -0.25) is 4.99 Å². The van der Waals surface area contributed by atoms with Gasteiger partial charge in [-0.15, -0.1) is 24.0 Å². The fourth-order valence-electron chi connectivity index (χ4n) is 3.34. The monoisotopic (exact) mass is 518 g/mol. The minimum absolute atomic E-state index is 0. The number of aliphatic imine (C=N–C) groups is 1. The maximum Gasteiger partial charge on any atom is 0.191 e. The van der Waals surface area contributed by atoms with Crippen LogP contribution in [0.4, 0.5) is 5.69 Å². The number of hydrogen-bond donors (Lipinski definition) is 2. The van der Waals surface area contributed by atoms with Crippen molar-refractivity contribution >= 4 is 35.6 Å². The first-order chi connectivity index (χ1) is 13.7. The molecule has 166 valence electrons. The Labute approximate surface area is 193 Å². The van der Waals surface area contributed by atoms with E-state index in [-0.39, 0.29) is 24.0 Å². The van der Waals surface area contributed by atoms with Crippen LogP contribution in [0.2, 0.25) is 0 Å². The van der Waals surface area contributed by atoms with Gasteiger partial charge in [0.05, 0.1) is 13.2 Å². The summed E-state index contributed by atoms with van der Waals surface area (Å²) >= 11 is 0. The summed E-state index contributed by atoms with van der Waals surface area (Å²) in [7, 11) is 0. The number of anilines is 1. The van der Waals surface area contributed by atoms with Crippen LogP contribution < -0.4 is 15.5 Å². The number of para-hydroxylation sites is 1. The van der Waals surface area contributed by atoms with Crippen LogP contribution >= 0.6 is 24.0 Å². The molecule has 0 aliphatic carbocycles. The highest BCUT2D eigenvalue weighted by molar-refractivity contribution is 14.0. The molecule has 1 fully saturated rings. The highest BCUT2D eigenvalue weighted by atomic mass is 127. The van der Waals surface area contributed by atoms with Crippen molar-refractivity contribution in [3.63, 3.8) is 0 Å². The smallest absolute Gasteiger partial charge is 0.191 e. The molecule has 0 saturated carbocycles. The molecule has 1 aliphatic rings. The van der Waals surface area contributed by atoms with Gasteiger partial charge in [0.15, 0.2) is 5.96 Å². The van der Waals surface area contributed by atoms with Crippen LogP contribution in [-0.2, 0) is 9.47 Å². The van der Waals surface area contributed by atoms with Crippen LogP contribution in [-0.4, -0.2) is 65.1 Å². The third-order valence-electron chi connectivity index (χ3n) is 4.95. The van der Waals surface area contributed by atoms with Crippen LogP contribution in [0.3, 0.4) is 0 Å². The maximum absolute atomic E-state index is 5.75. The average molecular weight is 518 g/mol. The zero-order chi connectivity index (χ0) is 20.0. The van der Waals surface area contributed by atoms with Gasteiger partial charge < -0.3 is 25.0 Å². The summed E-state index contributed by atoms with van der Waals surface area (Å²) < 4.78 is 11.1. The molecule has 1 saturated heterocycles. The zero-order valence-corrected chi connectivity index (χ0v) is 20.6. The minimum atomic E-state index is 0. The van der Waals surface area contributed by atoms with Gasteiger partial charge in [0, 0.05) is 57.5 Å². The predicted molar refractivity (Wildman–Crippen MR) is 133 cm³/mol. The predicted octanol–water partition coefficient (Wildman–Crippen LogP) is 3.44. The summed E-state index contributed by atoms with van der Waals surface area (Å²) in [6.07, 6.45) is 2.07. The number of likely N-dealkylation sites (N-methyl/N-ethyl adjacent to an activating group) is 1. The van der Waals surface area contributed by atoms with Gasteiger partial charge in [-0.25, -0.2) is 0 Å². The molecule has 0 spiro atoms. The number of rotatable bonds is 12. The lowest BCUT2D eigenvalue weighted by atomic mass is 10.1. The molecule has 1 heterocycles. The Kier molecular flexibility index (Phi) is 14.1. The molecule has 2 rings (SSSR count). The van der Waals surface area contributed by atoms with Crippen molar-refractivity contribution in [1.82, 2.24) is 10.6 Å².